The Bertz CT molecular complexity index is 3880. The number of nitrogens with zero attached hydrogens (tertiary/aromatic N) is 4. The topological polar surface area (TPSA) is 42.4 Å². The molecule has 0 amide bonds. The van der Waals surface area contributed by atoms with Crippen LogP contribution in [0.4, 0.5) is 68.2 Å². The predicted octanol–water partition coefficient (Wildman–Crippen LogP) is 20.0. The van der Waals surface area contributed by atoms with Crippen LogP contribution in [0.3, 0.4) is 0 Å². The van der Waals surface area contributed by atoms with Gasteiger partial charge in [-0.05, 0) is 186 Å². The molecule has 0 saturated carbocycles. The maximum Gasteiger partial charge on any atom is 0.119 e. The van der Waals surface area contributed by atoms with Gasteiger partial charge in [0.2, 0.25) is 0 Å². The third kappa shape index (κ3) is 10.0. The molecule has 12 aromatic carbocycles. The van der Waals surface area contributed by atoms with Crippen LogP contribution in [-0.2, 0) is 0 Å². The van der Waals surface area contributed by atoms with Gasteiger partial charge in [0.05, 0.1) is 18.0 Å². The molecule has 0 heterocycles. The molecule has 0 spiro atoms. The number of para-hydroxylation sites is 2. The van der Waals surface area contributed by atoms with E-state index in [0.717, 1.165) is 96.9 Å². The number of ether oxygens (including phenoxy) is 1. The summed E-state index contributed by atoms with van der Waals surface area (Å²) in [5.74, 6) is 1.10. The molecule has 0 saturated heterocycles. The number of benzene rings is 12. The summed E-state index contributed by atoms with van der Waals surface area (Å²) in [5, 5.41) is 14.8. The van der Waals surface area contributed by atoms with Crippen molar-refractivity contribution in [3.8, 4) is 22.6 Å². The third-order valence-electron chi connectivity index (χ3n) is 14.0. The first-order valence-corrected chi connectivity index (χ1v) is 26.2. The van der Waals surface area contributed by atoms with Crippen molar-refractivity contribution in [1.29, 1.82) is 0 Å². The quantitative estimate of drug-likeness (QED) is 0.104. The van der Waals surface area contributed by atoms with Gasteiger partial charge in [-0.1, -0.05) is 140 Å². The van der Waals surface area contributed by atoms with Crippen molar-refractivity contribution >= 4 is 89.8 Å². The van der Waals surface area contributed by atoms with E-state index in [9.17, 15) is 5.11 Å². The fraction of sp³-hybridized carbons (Fsp3) is 0.0423. The highest BCUT2D eigenvalue weighted by Gasteiger charge is 2.21. The smallest absolute Gasteiger partial charge is 0.119 e. The monoisotopic (exact) mass is 996 g/mol. The lowest BCUT2D eigenvalue weighted by Crippen LogP contribution is -2.12. The Hall–Kier alpha value is -10.0. The molecular weight excluding hydrogens is 941 g/mol. The zero-order valence-corrected chi connectivity index (χ0v) is 42.8. The van der Waals surface area contributed by atoms with Crippen LogP contribution in [0.1, 0.15) is 13.3 Å². The van der Waals surface area contributed by atoms with Crippen molar-refractivity contribution < 1.29 is 9.84 Å². The minimum atomic E-state index is 0.232. The Balaban J connectivity index is 0.880. The summed E-state index contributed by atoms with van der Waals surface area (Å²) in [6, 6.07) is 102. The first kappa shape index (κ1) is 47.9. The van der Waals surface area contributed by atoms with E-state index in [1.54, 1.807) is 12.1 Å². The van der Waals surface area contributed by atoms with E-state index in [0.29, 0.717) is 6.61 Å². The van der Waals surface area contributed by atoms with Crippen molar-refractivity contribution in [3.63, 3.8) is 0 Å². The number of phenols is 1. The molecule has 6 nitrogen and oxygen atoms in total. The van der Waals surface area contributed by atoms with Gasteiger partial charge in [0.25, 0.3) is 0 Å². The molecule has 0 bridgehead atoms. The molecule has 0 atom stereocenters. The lowest BCUT2D eigenvalue weighted by atomic mass is 10.0. The van der Waals surface area contributed by atoms with Crippen LogP contribution >= 0.6 is 0 Å². The number of anilines is 12. The maximum absolute atomic E-state index is 10.2. The second kappa shape index (κ2) is 21.8. The number of rotatable bonds is 16. The summed E-state index contributed by atoms with van der Waals surface area (Å²) in [4.78, 5) is 9.20. The molecule has 0 unspecified atom stereocenters. The van der Waals surface area contributed by atoms with Crippen molar-refractivity contribution in [2.24, 2.45) is 0 Å². The molecule has 1 N–H and O–H groups in total. The van der Waals surface area contributed by atoms with Crippen LogP contribution < -0.4 is 24.3 Å². The van der Waals surface area contributed by atoms with Gasteiger partial charge >= 0.3 is 0 Å². The van der Waals surface area contributed by atoms with E-state index in [4.69, 9.17) is 4.74 Å². The van der Waals surface area contributed by atoms with Crippen LogP contribution in [0.2, 0.25) is 0 Å². The number of hydrogen-bond donors (Lipinski definition) is 1. The van der Waals surface area contributed by atoms with Gasteiger partial charge in [0.1, 0.15) is 11.5 Å². The van der Waals surface area contributed by atoms with Gasteiger partial charge in [-0.2, -0.15) is 0 Å². The van der Waals surface area contributed by atoms with E-state index in [1.165, 1.54) is 16.2 Å². The van der Waals surface area contributed by atoms with Gasteiger partial charge in [-0.25, -0.2) is 0 Å². The lowest BCUT2D eigenvalue weighted by Gasteiger charge is -2.29. The average Bonchev–Trinajstić information content (AvgIpc) is 3.53. The molecule has 0 aliphatic carbocycles. The molecule has 6 heteroatoms. The Morgan fingerprint density at radius 2 is 0.584 bits per heavy atom. The van der Waals surface area contributed by atoms with Crippen LogP contribution in [0, 0.1) is 0 Å². The molecule has 12 rings (SSSR count). The van der Waals surface area contributed by atoms with E-state index >= 15 is 0 Å². The van der Waals surface area contributed by atoms with Gasteiger partial charge < -0.3 is 29.4 Å². The fourth-order valence-electron chi connectivity index (χ4n) is 10.3. The first-order chi connectivity index (χ1) is 38.1. The number of aromatic hydroxyl groups is 1. The van der Waals surface area contributed by atoms with Gasteiger partial charge in [-0.15, -0.1) is 0 Å². The Morgan fingerprint density at radius 1 is 0.286 bits per heavy atom. The summed E-state index contributed by atoms with van der Waals surface area (Å²) < 4.78 is 5.95. The van der Waals surface area contributed by atoms with Crippen molar-refractivity contribution in [1.82, 2.24) is 0 Å². The minimum Gasteiger partial charge on any atom is -0.508 e. The normalized spacial score (nSPS) is 11.1. The first-order valence-electron chi connectivity index (χ1n) is 26.2. The van der Waals surface area contributed by atoms with Crippen molar-refractivity contribution in [2.75, 3.05) is 26.2 Å². The summed E-state index contributed by atoms with van der Waals surface area (Å²) in [6.45, 7) is 2.81. The maximum atomic E-state index is 10.2. The highest BCUT2D eigenvalue weighted by atomic mass is 16.5. The summed E-state index contributed by atoms with van der Waals surface area (Å²) in [6.07, 6.45) is 0.962. The van der Waals surface area contributed by atoms with Crippen molar-refractivity contribution in [3.05, 3.63) is 291 Å². The predicted molar refractivity (Wildman–Crippen MR) is 323 cm³/mol. The zero-order valence-electron chi connectivity index (χ0n) is 42.8. The minimum absolute atomic E-state index is 0.232. The molecule has 0 radical (unpaired) electrons. The zero-order chi connectivity index (χ0) is 51.9. The summed E-state index contributed by atoms with van der Waals surface area (Å²) in [7, 11) is 0. The molecule has 0 fully saturated rings. The van der Waals surface area contributed by atoms with Gasteiger partial charge in [0, 0.05) is 67.6 Å². The Kier molecular flexibility index (Phi) is 13.6. The second-order valence-corrected chi connectivity index (χ2v) is 19.0. The Labute approximate surface area is 450 Å². The molecule has 77 heavy (non-hydrogen) atoms. The van der Waals surface area contributed by atoms with Crippen LogP contribution in [-0.4, -0.2) is 11.7 Å². The third-order valence-corrected chi connectivity index (χ3v) is 14.0. The number of fused-ring (bicyclic) bond motifs is 2. The van der Waals surface area contributed by atoms with E-state index in [1.807, 2.05) is 30.3 Å². The fourth-order valence-corrected chi connectivity index (χ4v) is 10.3. The van der Waals surface area contributed by atoms with Crippen LogP contribution in [0.5, 0.6) is 11.5 Å². The van der Waals surface area contributed by atoms with Gasteiger partial charge in [-0.3, -0.25) is 0 Å². The largest absolute Gasteiger partial charge is 0.508 e. The SMILES string of the molecule is CCCOc1ccc(N(c2ccccc2)c2ccc(N(c3ccc(-c4ccc(N(c5ccc(N(c6ccccc6)c6ccc(O)cc6)cc5)c5cccc6ccccc56)cc4)cc3)c3cccc4ccccc34)cc2)cc1. The van der Waals surface area contributed by atoms with Crippen LogP contribution in [0.15, 0.2) is 291 Å². The van der Waals surface area contributed by atoms with Gasteiger partial charge in [0.15, 0.2) is 0 Å². The van der Waals surface area contributed by atoms with E-state index < -0.39 is 0 Å². The summed E-state index contributed by atoms with van der Waals surface area (Å²) >= 11 is 0. The highest BCUT2D eigenvalue weighted by molar-refractivity contribution is 6.01. The molecule has 372 valence electrons. The van der Waals surface area contributed by atoms with E-state index in [-0.39, 0.29) is 5.75 Å². The van der Waals surface area contributed by atoms with E-state index in [2.05, 4.69) is 275 Å². The Morgan fingerprint density at radius 3 is 0.974 bits per heavy atom. The molecule has 0 aromatic heterocycles. The number of hydrogen-bond acceptors (Lipinski definition) is 6. The average molecular weight is 997 g/mol. The van der Waals surface area contributed by atoms with Crippen LogP contribution in [0.25, 0.3) is 32.7 Å². The second-order valence-electron chi connectivity index (χ2n) is 19.0. The highest BCUT2D eigenvalue weighted by Crippen LogP contribution is 2.45. The molecule has 0 aliphatic heterocycles. The molecule has 0 aliphatic rings. The van der Waals surface area contributed by atoms with Crippen molar-refractivity contribution in [2.45, 2.75) is 13.3 Å². The number of phenolic OH excluding ortho intramolecular Hbond substituents is 1. The molecular formula is C71H56N4O2. The summed E-state index contributed by atoms with van der Waals surface area (Å²) in [5.41, 5.74) is 14.8. The molecule has 12 aromatic rings. The lowest BCUT2D eigenvalue weighted by molar-refractivity contribution is 0.317. The standard InChI is InChI=1S/C71H56N4O2/c1-2-51-77-67-49-45-61(46-50-67)73(57-21-7-4-8-22-57)59-37-41-65(42-38-59)75(71-26-14-18-55-16-10-12-24-69(55)71)63-33-29-53(30-34-63)52-27-31-62(32-28-52)74(70-25-13-17-54-15-9-11-23-68(54)70)64-39-35-58(36-40-64)72(56-19-5-3-6-20-56)60-43-47-66(76)48-44-60/h3-50,76H,2,51H2,1H3.